The Balaban J connectivity index is 2.03. The van der Waals surface area contributed by atoms with Crippen LogP contribution in [0.25, 0.3) is 0 Å². The van der Waals surface area contributed by atoms with Crippen molar-refractivity contribution in [2.45, 2.75) is 32.6 Å². The molecule has 0 radical (unpaired) electrons. The molecule has 0 unspecified atom stereocenters. The maximum absolute atomic E-state index is 10.6. The molecule has 0 aliphatic heterocycles. The Morgan fingerprint density at radius 2 is 2.11 bits per heavy atom. The second-order valence-corrected chi connectivity index (χ2v) is 5.70. The van der Waals surface area contributed by atoms with Gasteiger partial charge < -0.3 is 5.32 Å². The van der Waals surface area contributed by atoms with Gasteiger partial charge in [-0.25, -0.2) is 0 Å². The molecule has 1 aliphatic rings. The molecule has 1 fully saturated rings. The Morgan fingerprint density at radius 1 is 1.44 bits per heavy atom. The van der Waals surface area contributed by atoms with Crippen LogP contribution < -0.4 is 5.32 Å². The van der Waals surface area contributed by atoms with Crippen molar-refractivity contribution in [2.75, 3.05) is 11.9 Å². The van der Waals surface area contributed by atoms with Gasteiger partial charge >= 0.3 is 0 Å². The molecule has 4 nitrogen and oxygen atoms in total. The average molecular weight is 269 g/mol. The second-order valence-electron chi connectivity index (χ2n) is 5.29. The summed E-state index contributed by atoms with van der Waals surface area (Å²) in [7, 11) is 0. The zero-order valence-electron chi connectivity index (χ0n) is 10.4. The summed E-state index contributed by atoms with van der Waals surface area (Å²) in [6, 6.07) is 4.55. The number of hydrogen-bond donors (Lipinski definition) is 1. The highest BCUT2D eigenvalue weighted by Crippen LogP contribution is 2.38. The van der Waals surface area contributed by atoms with Crippen LogP contribution in [0.15, 0.2) is 18.2 Å². The lowest BCUT2D eigenvalue weighted by molar-refractivity contribution is -0.384. The molecule has 0 bridgehead atoms. The lowest BCUT2D eigenvalue weighted by atomic mass is 9.89. The minimum absolute atomic E-state index is 0.0256. The first-order valence-electron chi connectivity index (χ1n) is 6.18. The standard InChI is InChI=1S/C13H17ClN2O2/c1-13(6-2-3-7-13)9-15-12-5-4-10(16(17)18)8-11(12)14/h4-5,8,15H,2-3,6-7,9H2,1H3. The van der Waals surface area contributed by atoms with Gasteiger partial charge in [-0.05, 0) is 24.3 Å². The highest BCUT2D eigenvalue weighted by Gasteiger charge is 2.28. The molecule has 1 aromatic rings. The maximum Gasteiger partial charge on any atom is 0.271 e. The Bertz CT molecular complexity index is 456. The van der Waals surface area contributed by atoms with Crippen LogP contribution in [0.3, 0.4) is 0 Å². The monoisotopic (exact) mass is 268 g/mol. The SMILES string of the molecule is CC1(CNc2ccc([N+](=O)[O-])cc2Cl)CCCC1. The molecular weight excluding hydrogens is 252 g/mol. The summed E-state index contributed by atoms with van der Waals surface area (Å²) in [6.45, 7) is 3.14. The van der Waals surface area contributed by atoms with E-state index in [9.17, 15) is 10.1 Å². The quantitative estimate of drug-likeness (QED) is 0.656. The zero-order chi connectivity index (χ0) is 13.2. The summed E-state index contributed by atoms with van der Waals surface area (Å²) in [5, 5.41) is 14.3. The molecule has 0 saturated heterocycles. The van der Waals surface area contributed by atoms with Crippen molar-refractivity contribution in [3.63, 3.8) is 0 Å². The van der Waals surface area contributed by atoms with Crippen molar-refractivity contribution >= 4 is 23.0 Å². The fourth-order valence-electron chi connectivity index (χ4n) is 2.47. The van der Waals surface area contributed by atoms with E-state index in [1.807, 2.05) is 0 Å². The predicted molar refractivity (Wildman–Crippen MR) is 73.2 cm³/mol. The third kappa shape index (κ3) is 2.93. The van der Waals surface area contributed by atoms with E-state index in [0.717, 1.165) is 12.2 Å². The van der Waals surface area contributed by atoms with Crippen LogP contribution in [0.1, 0.15) is 32.6 Å². The van der Waals surface area contributed by atoms with E-state index >= 15 is 0 Å². The molecule has 0 atom stereocenters. The van der Waals surface area contributed by atoms with Gasteiger partial charge in [-0.15, -0.1) is 0 Å². The second kappa shape index (κ2) is 5.14. The van der Waals surface area contributed by atoms with Crippen LogP contribution in [0.4, 0.5) is 11.4 Å². The van der Waals surface area contributed by atoms with E-state index < -0.39 is 4.92 Å². The highest BCUT2D eigenvalue weighted by atomic mass is 35.5. The van der Waals surface area contributed by atoms with E-state index in [-0.39, 0.29) is 5.69 Å². The van der Waals surface area contributed by atoms with Gasteiger partial charge in [-0.1, -0.05) is 31.4 Å². The largest absolute Gasteiger partial charge is 0.383 e. The number of nitro groups is 1. The van der Waals surface area contributed by atoms with E-state index in [0.29, 0.717) is 10.4 Å². The summed E-state index contributed by atoms with van der Waals surface area (Å²) in [5.41, 5.74) is 1.12. The molecule has 98 valence electrons. The Kier molecular flexibility index (Phi) is 3.76. The van der Waals surface area contributed by atoms with Crippen molar-refractivity contribution in [3.05, 3.63) is 33.3 Å². The molecule has 0 spiro atoms. The first-order chi connectivity index (χ1) is 8.50. The van der Waals surface area contributed by atoms with Crippen LogP contribution in [0.2, 0.25) is 5.02 Å². The molecule has 1 aliphatic carbocycles. The lowest BCUT2D eigenvalue weighted by Gasteiger charge is -2.24. The van der Waals surface area contributed by atoms with Crippen molar-refractivity contribution in [2.24, 2.45) is 5.41 Å². The normalized spacial score (nSPS) is 17.7. The van der Waals surface area contributed by atoms with E-state index in [1.165, 1.54) is 37.8 Å². The number of benzene rings is 1. The summed E-state index contributed by atoms with van der Waals surface area (Å²) in [5.74, 6) is 0. The first kappa shape index (κ1) is 13.1. The molecule has 5 heteroatoms. The molecule has 0 heterocycles. The lowest BCUT2D eigenvalue weighted by Crippen LogP contribution is -2.23. The fraction of sp³-hybridized carbons (Fsp3) is 0.538. The van der Waals surface area contributed by atoms with Crippen molar-refractivity contribution in [3.8, 4) is 0 Å². The predicted octanol–water partition coefficient (Wildman–Crippen LogP) is 4.24. The number of non-ortho nitro benzene ring substituents is 1. The van der Waals surface area contributed by atoms with Crippen LogP contribution >= 0.6 is 11.6 Å². The van der Waals surface area contributed by atoms with E-state index in [2.05, 4.69) is 12.2 Å². The molecule has 1 saturated carbocycles. The van der Waals surface area contributed by atoms with Gasteiger partial charge in [0.25, 0.3) is 5.69 Å². The molecule has 1 N–H and O–H groups in total. The molecule has 0 aromatic heterocycles. The number of nitrogens with zero attached hydrogens (tertiary/aromatic N) is 1. The van der Waals surface area contributed by atoms with Gasteiger partial charge in [-0.3, -0.25) is 10.1 Å². The number of nitrogens with one attached hydrogen (secondary N) is 1. The van der Waals surface area contributed by atoms with Crippen molar-refractivity contribution in [1.82, 2.24) is 0 Å². The van der Waals surface area contributed by atoms with E-state index in [1.54, 1.807) is 6.07 Å². The summed E-state index contributed by atoms with van der Waals surface area (Å²) in [6.07, 6.45) is 5.02. The van der Waals surface area contributed by atoms with Gasteiger partial charge in [-0.2, -0.15) is 0 Å². The molecule has 18 heavy (non-hydrogen) atoms. The van der Waals surface area contributed by atoms with Crippen LogP contribution in [0, 0.1) is 15.5 Å². The number of anilines is 1. The number of hydrogen-bond acceptors (Lipinski definition) is 3. The Morgan fingerprint density at radius 3 is 2.67 bits per heavy atom. The molecular formula is C13H17ClN2O2. The summed E-state index contributed by atoms with van der Waals surface area (Å²) >= 11 is 6.04. The maximum atomic E-state index is 10.6. The number of rotatable bonds is 4. The summed E-state index contributed by atoms with van der Waals surface area (Å²) in [4.78, 5) is 10.2. The van der Waals surface area contributed by atoms with Crippen LogP contribution in [-0.4, -0.2) is 11.5 Å². The van der Waals surface area contributed by atoms with E-state index in [4.69, 9.17) is 11.6 Å². The minimum Gasteiger partial charge on any atom is -0.383 e. The third-order valence-corrected chi connectivity index (χ3v) is 3.99. The van der Waals surface area contributed by atoms with Gasteiger partial charge in [0, 0.05) is 18.7 Å². The third-order valence-electron chi connectivity index (χ3n) is 3.68. The Labute approximate surface area is 111 Å². The van der Waals surface area contributed by atoms with Gasteiger partial charge in [0.15, 0.2) is 0 Å². The number of nitro benzene ring substituents is 1. The van der Waals surface area contributed by atoms with Gasteiger partial charge in [0.05, 0.1) is 15.6 Å². The Hall–Kier alpha value is -1.29. The minimum atomic E-state index is -0.437. The topological polar surface area (TPSA) is 55.2 Å². The number of halogens is 1. The summed E-state index contributed by atoms with van der Waals surface area (Å²) < 4.78 is 0. The van der Waals surface area contributed by atoms with Crippen molar-refractivity contribution in [1.29, 1.82) is 0 Å². The molecule has 2 rings (SSSR count). The fourth-order valence-corrected chi connectivity index (χ4v) is 2.72. The van der Waals surface area contributed by atoms with Gasteiger partial charge in [0.1, 0.15) is 0 Å². The van der Waals surface area contributed by atoms with Crippen LogP contribution in [-0.2, 0) is 0 Å². The first-order valence-corrected chi connectivity index (χ1v) is 6.56. The smallest absolute Gasteiger partial charge is 0.271 e. The molecule has 1 aromatic carbocycles. The van der Waals surface area contributed by atoms with Crippen molar-refractivity contribution < 1.29 is 4.92 Å². The van der Waals surface area contributed by atoms with Crippen LogP contribution in [0.5, 0.6) is 0 Å². The zero-order valence-corrected chi connectivity index (χ0v) is 11.2. The highest BCUT2D eigenvalue weighted by molar-refractivity contribution is 6.33. The van der Waals surface area contributed by atoms with Gasteiger partial charge in [0.2, 0.25) is 0 Å². The molecule has 0 amide bonds. The average Bonchev–Trinajstić information content (AvgIpc) is 2.75.